The van der Waals surface area contributed by atoms with Crippen molar-refractivity contribution in [3.05, 3.63) is 0 Å². The zero-order valence-corrected chi connectivity index (χ0v) is 12.1. The molecule has 6 heteroatoms. The molecule has 1 rings (SSSR count). The second-order valence-electron chi connectivity index (χ2n) is 5.39. The molecule has 1 aliphatic rings. The van der Waals surface area contributed by atoms with Crippen LogP contribution in [0, 0.1) is 11.8 Å². The Bertz CT molecular complexity index is 333. The number of carbonyl (C=O) groups excluding carboxylic acids is 1. The molecule has 1 N–H and O–H groups in total. The van der Waals surface area contributed by atoms with Crippen molar-refractivity contribution < 1.29 is 19.4 Å². The molecule has 2 atom stereocenters. The molecule has 0 aliphatic carbocycles. The molecular formula is C13H24N2O4. The second-order valence-corrected chi connectivity index (χ2v) is 5.39. The van der Waals surface area contributed by atoms with Gasteiger partial charge in [0.2, 0.25) is 0 Å². The first kappa shape index (κ1) is 15.8. The third-order valence-corrected chi connectivity index (χ3v) is 3.61. The Morgan fingerprint density at radius 3 is 2.47 bits per heavy atom. The number of amides is 2. The van der Waals surface area contributed by atoms with Crippen molar-refractivity contribution in [2.24, 2.45) is 11.8 Å². The summed E-state index contributed by atoms with van der Waals surface area (Å²) in [5.74, 6) is -1.28. The Labute approximate surface area is 114 Å². The fraction of sp³-hybridized carbons (Fsp3) is 0.846. The number of carboxylic acids is 1. The van der Waals surface area contributed by atoms with Gasteiger partial charge in [-0.3, -0.25) is 4.79 Å². The number of hydrogen-bond donors (Lipinski definition) is 1. The highest BCUT2D eigenvalue weighted by molar-refractivity contribution is 5.78. The Morgan fingerprint density at radius 1 is 1.42 bits per heavy atom. The molecule has 0 spiro atoms. The fourth-order valence-electron chi connectivity index (χ4n) is 2.39. The lowest BCUT2D eigenvalue weighted by Gasteiger charge is -2.31. The average Bonchev–Trinajstić information content (AvgIpc) is 2.71. The highest BCUT2D eigenvalue weighted by Crippen LogP contribution is 2.24. The monoisotopic (exact) mass is 272 g/mol. The third kappa shape index (κ3) is 3.83. The Morgan fingerprint density at radius 2 is 2.05 bits per heavy atom. The molecule has 1 heterocycles. The van der Waals surface area contributed by atoms with Crippen LogP contribution in [-0.2, 0) is 9.53 Å². The first-order valence-corrected chi connectivity index (χ1v) is 6.65. The standard InChI is InChI=1S/C13H24N2O4/c1-9(2)15(5-6-19-4)13(18)14-7-10(3)11(8-14)12(16)17/h9-11H,5-8H2,1-4H3,(H,16,17)/t10-,11-/m1/s1. The van der Waals surface area contributed by atoms with Gasteiger partial charge in [0.15, 0.2) is 0 Å². The van der Waals surface area contributed by atoms with Crippen LogP contribution >= 0.6 is 0 Å². The van der Waals surface area contributed by atoms with Gasteiger partial charge in [-0.05, 0) is 19.8 Å². The summed E-state index contributed by atoms with van der Waals surface area (Å²) < 4.78 is 5.01. The number of carboxylic acid groups (broad SMARTS) is 1. The summed E-state index contributed by atoms with van der Waals surface area (Å²) in [6.45, 7) is 7.58. The lowest BCUT2D eigenvalue weighted by Crippen LogP contribution is -2.47. The van der Waals surface area contributed by atoms with Crippen LogP contribution in [0.1, 0.15) is 20.8 Å². The molecule has 0 radical (unpaired) electrons. The Kier molecular flexibility index (Phi) is 5.60. The summed E-state index contributed by atoms with van der Waals surface area (Å²) in [7, 11) is 1.60. The second kappa shape index (κ2) is 6.75. The smallest absolute Gasteiger partial charge is 0.320 e. The molecule has 0 bridgehead atoms. The van der Waals surface area contributed by atoms with E-state index in [4.69, 9.17) is 9.84 Å². The van der Waals surface area contributed by atoms with Gasteiger partial charge in [0, 0.05) is 32.8 Å². The topological polar surface area (TPSA) is 70.1 Å². The molecule has 1 fully saturated rings. The highest BCUT2D eigenvalue weighted by Gasteiger charge is 2.38. The van der Waals surface area contributed by atoms with E-state index < -0.39 is 11.9 Å². The maximum Gasteiger partial charge on any atom is 0.320 e. The first-order chi connectivity index (χ1) is 8.88. The summed E-state index contributed by atoms with van der Waals surface area (Å²) in [6, 6.07) is -0.0236. The van der Waals surface area contributed by atoms with Gasteiger partial charge in [-0.2, -0.15) is 0 Å². The predicted octanol–water partition coefficient (Wildman–Crippen LogP) is 1.12. The Hall–Kier alpha value is -1.30. The van der Waals surface area contributed by atoms with E-state index in [-0.39, 0.29) is 18.0 Å². The third-order valence-electron chi connectivity index (χ3n) is 3.61. The summed E-state index contributed by atoms with van der Waals surface area (Å²) in [4.78, 5) is 26.9. The van der Waals surface area contributed by atoms with Crippen LogP contribution in [-0.4, -0.2) is 66.3 Å². The van der Waals surface area contributed by atoms with Crippen LogP contribution in [0.5, 0.6) is 0 Å². The minimum Gasteiger partial charge on any atom is -0.481 e. The molecule has 0 aromatic carbocycles. The minimum atomic E-state index is -0.823. The van der Waals surface area contributed by atoms with Gasteiger partial charge >= 0.3 is 12.0 Å². The van der Waals surface area contributed by atoms with Crippen LogP contribution in [0.4, 0.5) is 4.79 Å². The normalized spacial score (nSPS) is 22.9. The summed E-state index contributed by atoms with van der Waals surface area (Å²) in [6.07, 6.45) is 0. The maximum absolute atomic E-state index is 12.4. The van der Waals surface area contributed by atoms with Crippen LogP contribution < -0.4 is 0 Å². The molecule has 1 aliphatic heterocycles. The number of carbonyl (C=O) groups is 2. The van der Waals surface area contributed by atoms with E-state index in [1.165, 1.54) is 0 Å². The van der Waals surface area contributed by atoms with Crippen molar-refractivity contribution in [3.8, 4) is 0 Å². The predicted molar refractivity (Wildman–Crippen MR) is 71.0 cm³/mol. The van der Waals surface area contributed by atoms with Gasteiger partial charge in [-0.25, -0.2) is 4.79 Å². The highest BCUT2D eigenvalue weighted by atomic mass is 16.5. The molecule has 0 aromatic heterocycles. The van der Waals surface area contributed by atoms with Crippen molar-refractivity contribution in [2.75, 3.05) is 33.4 Å². The first-order valence-electron chi connectivity index (χ1n) is 6.65. The minimum absolute atomic E-state index is 0.00196. The fourth-order valence-corrected chi connectivity index (χ4v) is 2.39. The average molecular weight is 272 g/mol. The van der Waals surface area contributed by atoms with Crippen molar-refractivity contribution >= 4 is 12.0 Å². The number of rotatable bonds is 5. The van der Waals surface area contributed by atoms with Crippen molar-refractivity contribution in [1.29, 1.82) is 0 Å². The number of nitrogens with zero attached hydrogens (tertiary/aromatic N) is 2. The van der Waals surface area contributed by atoms with Gasteiger partial charge in [-0.1, -0.05) is 6.92 Å². The number of likely N-dealkylation sites (tertiary alicyclic amines) is 1. The van der Waals surface area contributed by atoms with Gasteiger partial charge in [0.25, 0.3) is 0 Å². The van der Waals surface area contributed by atoms with Crippen molar-refractivity contribution in [3.63, 3.8) is 0 Å². The number of hydrogen-bond acceptors (Lipinski definition) is 3. The lowest BCUT2D eigenvalue weighted by atomic mass is 9.99. The van der Waals surface area contributed by atoms with Crippen LogP contribution in [0.3, 0.4) is 0 Å². The molecule has 6 nitrogen and oxygen atoms in total. The zero-order chi connectivity index (χ0) is 14.6. The van der Waals surface area contributed by atoms with E-state index in [1.54, 1.807) is 16.9 Å². The number of urea groups is 1. The van der Waals surface area contributed by atoms with E-state index in [1.807, 2.05) is 20.8 Å². The molecule has 2 amide bonds. The molecule has 0 unspecified atom stereocenters. The molecule has 0 saturated carbocycles. The summed E-state index contributed by atoms with van der Waals surface area (Å²) in [5, 5.41) is 9.10. The van der Waals surface area contributed by atoms with Crippen molar-refractivity contribution in [1.82, 2.24) is 9.80 Å². The van der Waals surface area contributed by atoms with Crippen molar-refractivity contribution in [2.45, 2.75) is 26.8 Å². The number of ether oxygens (including phenoxy) is 1. The summed E-state index contributed by atoms with van der Waals surface area (Å²) in [5.41, 5.74) is 0. The molecular weight excluding hydrogens is 248 g/mol. The molecule has 0 aromatic rings. The number of methoxy groups -OCH3 is 1. The van der Waals surface area contributed by atoms with E-state index in [0.717, 1.165) is 0 Å². The van der Waals surface area contributed by atoms with E-state index >= 15 is 0 Å². The Balaban J connectivity index is 2.68. The van der Waals surface area contributed by atoms with Gasteiger partial charge in [0.05, 0.1) is 12.5 Å². The number of aliphatic carboxylic acids is 1. The van der Waals surface area contributed by atoms with E-state index in [2.05, 4.69) is 0 Å². The molecule has 19 heavy (non-hydrogen) atoms. The maximum atomic E-state index is 12.4. The van der Waals surface area contributed by atoms with Crippen LogP contribution in [0.25, 0.3) is 0 Å². The van der Waals surface area contributed by atoms with Gasteiger partial charge in [-0.15, -0.1) is 0 Å². The van der Waals surface area contributed by atoms with Crippen LogP contribution in [0.15, 0.2) is 0 Å². The molecule has 110 valence electrons. The summed E-state index contributed by atoms with van der Waals surface area (Å²) >= 11 is 0. The lowest BCUT2D eigenvalue weighted by molar-refractivity contribution is -0.142. The van der Waals surface area contributed by atoms with E-state index in [9.17, 15) is 9.59 Å². The SMILES string of the molecule is COCCN(C(=O)N1C[C@@H](C)[C@H](C(=O)O)C1)C(C)C. The zero-order valence-electron chi connectivity index (χ0n) is 12.1. The van der Waals surface area contributed by atoms with Gasteiger partial charge < -0.3 is 19.6 Å². The van der Waals surface area contributed by atoms with Crippen LogP contribution in [0.2, 0.25) is 0 Å². The van der Waals surface area contributed by atoms with E-state index in [0.29, 0.717) is 26.2 Å². The van der Waals surface area contributed by atoms with Gasteiger partial charge in [0.1, 0.15) is 0 Å². The largest absolute Gasteiger partial charge is 0.481 e. The quantitative estimate of drug-likeness (QED) is 0.814. The molecule has 1 saturated heterocycles.